The third-order valence-corrected chi connectivity index (χ3v) is 12.0. The zero-order chi connectivity index (χ0) is 37.5. The summed E-state index contributed by atoms with van der Waals surface area (Å²) in [6, 6.07) is 34.1. The highest BCUT2D eigenvalue weighted by atomic mass is 127. The molecule has 0 saturated carbocycles. The molecule has 0 bridgehead atoms. The first-order chi connectivity index (χ1) is 26.4. The van der Waals surface area contributed by atoms with Crippen LogP contribution in [0.1, 0.15) is 28.8 Å². The lowest BCUT2D eigenvalue weighted by Gasteiger charge is -2.44. The summed E-state index contributed by atoms with van der Waals surface area (Å²) in [5, 5.41) is 9.66. The summed E-state index contributed by atoms with van der Waals surface area (Å²) in [7, 11) is 3.13. The highest BCUT2D eigenvalue weighted by molar-refractivity contribution is 8.01. The Morgan fingerprint density at radius 1 is 0.964 bits per heavy atom. The maximum atomic E-state index is 13.6. The van der Waals surface area contributed by atoms with Crippen LogP contribution >= 0.6 is 34.9 Å². The standard InChI is InChI=1S/C39H35N7O5S3.HI/c1-40-45-20-18-30(19-21-45)52-23-26-24-53-33-22-32(47)46(33)35(26)37(49)51-44-36(48)34(43-50-2)31-25-54-38(41-31)42-39(27-12-6-3-7-13-27,28-14-8-4-9-15-28)29-16-10-5-11-17-29;/h3-21,25,33,40H,22-24H2,1-2H3,(H-,41,42,44,48);1H/b43-34-;/t33-;/m0./s1. The molecule has 4 heterocycles. The molecule has 16 heteroatoms. The number of hydrogen-bond donors (Lipinski definition) is 3. The molecule has 0 spiro atoms. The van der Waals surface area contributed by atoms with Crippen LogP contribution in [0.15, 0.2) is 142 Å². The minimum Gasteiger partial charge on any atom is -1.00 e. The fraction of sp³-hybridized carbons (Fsp3) is 0.179. The van der Waals surface area contributed by atoms with Gasteiger partial charge in [-0.15, -0.1) is 34.9 Å². The van der Waals surface area contributed by atoms with Crippen LogP contribution in [0.5, 0.6) is 0 Å². The van der Waals surface area contributed by atoms with Gasteiger partial charge in [-0.05, 0) is 22.3 Å². The van der Waals surface area contributed by atoms with E-state index < -0.39 is 17.4 Å². The Balaban J connectivity index is 0.00000514. The predicted molar refractivity (Wildman–Crippen MR) is 210 cm³/mol. The number of pyridine rings is 1. The zero-order valence-corrected chi connectivity index (χ0v) is 34.3. The Hall–Kier alpha value is -4.91. The van der Waals surface area contributed by atoms with E-state index in [1.807, 2.05) is 90.8 Å². The number of hydrogen-bond acceptors (Lipinski definition) is 12. The van der Waals surface area contributed by atoms with E-state index >= 15 is 0 Å². The number of carbonyl (C=O) groups is 3. The maximum Gasteiger partial charge on any atom is 0.379 e. The Labute approximate surface area is 347 Å². The molecule has 1 saturated heterocycles. The Morgan fingerprint density at radius 2 is 1.56 bits per heavy atom. The van der Waals surface area contributed by atoms with Crippen molar-refractivity contribution < 1.29 is 52.7 Å². The number of aromatic nitrogens is 2. The second-order valence-electron chi connectivity index (χ2n) is 12.1. The predicted octanol–water partition coefficient (Wildman–Crippen LogP) is 2.29. The minimum atomic E-state index is -0.849. The van der Waals surface area contributed by atoms with Crippen molar-refractivity contribution in [3.05, 3.63) is 155 Å². The monoisotopic (exact) mass is 905 g/mol. The van der Waals surface area contributed by atoms with Gasteiger partial charge in [0.25, 0.3) is 0 Å². The molecule has 2 aliphatic rings. The molecular weight excluding hydrogens is 870 g/mol. The van der Waals surface area contributed by atoms with Gasteiger partial charge >= 0.3 is 11.9 Å². The zero-order valence-electron chi connectivity index (χ0n) is 29.7. The highest BCUT2D eigenvalue weighted by Gasteiger charge is 2.46. The van der Waals surface area contributed by atoms with Gasteiger partial charge in [0.05, 0.1) is 18.8 Å². The van der Waals surface area contributed by atoms with Crippen molar-refractivity contribution in [3.8, 4) is 0 Å². The number of thioether (sulfide) groups is 2. The molecule has 3 aromatic carbocycles. The summed E-state index contributed by atoms with van der Waals surface area (Å²) < 4.78 is 1.81. The Bertz CT molecular complexity index is 2090. The van der Waals surface area contributed by atoms with E-state index in [1.165, 1.54) is 35.1 Å². The van der Waals surface area contributed by atoms with Crippen molar-refractivity contribution in [2.45, 2.75) is 22.2 Å². The average molecular weight is 906 g/mol. The van der Waals surface area contributed by atoms with E-state index in [2.05, 4.69) is 57.8 Å². The van der Waals surface area contributed by atoms with Crippen LogP contribution < -0.4 is 44.9 Å². The highest BCUT2D eigenvalue weighted by Crippen LogP contribution is 2.42. The fourth-order valence-corrected chi connectivity index (χ4v) is 9.31. The molecule has 2 aromatic heterocycles. The Morgan fingerprint density at radius 3 is 2.11 bits per heavy atom. The quantitative estimate of drug-likeness (QED) is 0.0307. The lowest BCUT2D eigenvalue weighted by molar-refractivity contribution is -0.647. The smallest absolute Gasteiger partial charge is 0.379 e. The number of thiazole rings is 1. The van der Waals surface area contributed by atoms with Crippen molar-refractivity contribution in [2.75, 3.05) is 36.4 Å². The minimum absolute atomic E-state index is 0. The van der Waals surface area contributed by atoms with Crippen molar-refractivity contribution in [3.63, 3.8) is 0 Å². The number of rotatable bonds is 13. The second-order valence-corrected chi connectivity index (χ2v) is 15.2. The van der Waals surface area contributed by atoms with E-state index in [0.717, 1.165) is 27.2 Å². The second kappa shape index (κ2) is 18.1. The van der Waals surface area contributed by atoms with E-state index in [-0.39, 0.29) is 52.4 Å². The van der Waals surface area contributed by atoms with Gasteiger partial charge in [0, 0.05) is 33.9 Å². The van der Waals surface area contributed by atoms with Gasteiger partial charge in [0.15, 0.2) is 10.8 Å². The van der Waals surface area contributed by atoms with Gasteiger partial charge < -0.3 is 39.0 Å². The summed E-state index contributed by atoms with van der Waals surface area (Å²) in [4.78, 5) is 57.5. The van der Waals surface area contributed by atoms with Crippen molar-refractivity contribution >= 4 is 63.5 Å². The number of nitrogens with zero attached hydrogens (tertiary/aromatic N) is 4. The van der Waals surface area contributed by atoms with Gasteiger partial charge in [0.2, 0.25) is 18.3 Å². The molecule has 0 radical (unpaired) electrons. The molecule has 1 fully saturated rings. The summed E-state index contributed by atoms with van der Waals surface area (Å²) in [6.07, 6.45) is 4.11. The first-order valence-corrected chi connectivity index (χ1v) is 19.8. The number of halogens is 1. The number of carbonyl (C=O) groups excluding carboxylic acids is 3. The van der Waals surface area contributed by atoms with E-state index in [0.29, 0.717) is 23.1 Å². The molecule has 55 heavy (non-hydrogen) atoms. The van der Waals surface area contributed by atoms with E-state index in [4.69, 9.17) is 14.7 Å². The van der Waals surface area contributed by atoms with Crippen LogP contribution in [0.2, 0.25) is 0 Å². The number of benzene rings is 3. The molecule has 12 nitrogen and oxygen atoms in total. The molecule has 2 amide bonds. The number of anilines is 1. The summed E-state index contributed by atoms with van der Waals surface area (Å²) in [5.41, 5.74) is 8.22. The first-order valence-electron chi connectivity index (χ1n) is 16.9. The van der Waals surface area contributed by atoms with E-state index in [1.54, 1.807) is 17.1 Å². The molecule has 3 N–H and O–H groups in total. The molecule has 2 aliphatic heterocycles. The number of hydroxylamine groups is 1. The Kier molecular flexibility index (Phi) is 13.1. The van der Waals surface area contributed by atoms with Gasteiger partial charge in [-0.2, -0.15) is 10.9 Å². The average Bonchev–Trinajstić information content (AvgIpc) is 3.68. The molecule has 1 atom stereocenters. The summed E-state index contributed by atoms with van der Waals surface area (Å²) in [5.74, 6) is -0.867. The normalized spacial score (nSPS) is 15.2. The molecule has 7 rings (SSSR count). The van der Waals surface area contributed by atoms with Gasteiger partial charge in [-0.3, -0.25) is 14.5 Å². The van der Waals surface area contributed by atoms with E-state index in [9.17, 15) is 14.4 Å². The third kappa shape index (κ3) is 8.51. The molecule has 282 valence electrons. The number of nitrogens with one attached hydrogen (secondary N) is 3. The van der Waals surface area contributed by atoms with Crippen molar-refractivity contribution in [1.82, 2.24) is 15.4 Å². The first kappa shape index (κ1) is 39.8. The summed E-state index contributed by atoms with van der Waals surface area (Å²) in [6.45, 7) is 0. The molecule has 0 aliphatic carbocycles. The van der Waals surface area contributed by atoms with Gasteiger partial charge in [-0.1, -0.05) is 101 Å². The van der Waals surface area contributed by atoms with Crippen LogP contribution in [-0.2, 0) is 29.6 Å². The van der Waals surface area contributed by atoms with Crippen molar-refractivity contribution in [2.24, 2.45) is 5.16 Å². The van der Waals surface area contributed by atoms with Gasteiger partial charge in [-0.25, -0.2) is 9.78 Å². The molecule has 5 aromatic rings. The number of oxime groups is 1. The van der Waals surface area contributed by atoms with Crippen LogP contribution in [0.4, 0.5) is 5.13 Å². The molecular formula is C39H36IN7O5S3. The van der Waals surface area contributed by atoms with Gasteiger partial charge in [0.1, 0.15) is 24.0 Å². The number of amides is 2. The topological polar surface area (TPSA) is 138 Å². The van der Waals surface area contributed by atoms with Crippen LogP contribution in [0.25, 0.3) is 0 Å². The summed E-state index contributed by atoms with van der Waals surface area (Å²) >= 11 is 4.42. The third-order valence-electron chi connectivity index (χ3n) is 8.89. The van der Waals surface area contributed by atoms with Crippen LogP contribution in [-0.4, -0.2) is 64.4 Å². The molecule has 0 unspecified atom stereocenters. The lowest BCUT2D eigenvalue weighted by Crippen LogP contribution is -3.00. The largest absolute Gasteiger partial charge is 1.00 e. The SMILES string of the molecule is CN[n+]1ccc(SCC2=C(C(=O)ONC(=O)/C(=N\OC)c3csc(NC(c4ccccc4)(c4ccccc4)c4ccccc4)n3)N3C(=O)C[C@@H]3SC2)cc1.[I-]. The van der Waals surface area contributed by atoms with Crippen LogP contribution in [0.3, 0.4) is 0 Å². The van der Waals surface area contributed by atoms with Crippen molar-refractivity contribution in [1.29, 1.82) is 0 Å². The number of β-lactam (4-membered cyclic amide) rings is 1. The lowest BCUT2D eigenvalue weighted by atomic mass is 9.77. The fourth-order valence-electron chi connectivity index (χ4n) is 6.27. The maximum absolute atomic E-state index is 13.6. The number of fused-ring (bicyclic) bond motifs is 1. The van der Waals surface area contributed by atoms with Crippen LogP contribution in [0, 0.1) is 0 Å².